The van der Waals surface area contributed by atoms with Gasteiger partial charge in [-0.1, -0.05) is 25.5 Å². The van der Waals surface area contributed by atoms with Gasteiger partial charge in [0.2, 0.25) is 0 Å². The number of carbonyl (C=O) groups excluding carboxylic acids is 1. The topological polar surface area (TPSA) is 94.5 Å². The van der Waals surface area contributed by atoms with Gasteiger partial charge in [-0.15, -0.1) is 6.58 Å². The number of fused-ring (bicyclic) bond motifs is 1. The summed E-state index contributed by atoms with van der Waals surface area (Å²) < 4.78 is 23.8. The van der Waals surface area contributed by atoms with Gasteiger partial charge in [-0.3, -0.25) is 4.79 Å². The van der Waals surface area contributed by atoms with E-state index in [4.69, 9.17) is 18.9 Å². The predicted molar refractivity (Wildman–Crippen MR) is 148 cm³/mol. The van der Waals surface area contributed by atoms with Crippen LogP contribution in [-0.4, -0.2) is 61.4 Å². The second-order valence-electron chi connectivity index (χ2n) is 9.93. The van der Waals surface area contributed by atoms with Gasteiger partial charge in [-0.25, -0.2) is 4.79 Å². The first kappa shape index (κ1) is 28.3. The third kappa shape index (κ3) is 6.49. The van der Waals surface area contributed by atoms with Gasteiger partial charge in [-0.05, 0) is 62.3 Å². The summed E-state index contributed by atoms with van der Waals surface area (Å²) in [5.74, 6) is 1.64. The Bertz CT molecular complexity index is 1190. The highest BCUT2D eigenvalue weighted by Crippen LogP contribution is 2.38. The second kappa shape index (κ2) is 13.4. The van der Waals surface area contributed by atoms with Crippen LogP contribution >= 0.6 is 0 Å². The Balaban J connectivity index is 1.40. The van der Waals surface area contributed by atoms with Gasteiger partial charge < -0.3 is 29.0 Å². The van der Waals surface area contributed by atoms with Crippen molar-refractivity contribution in [2.24, 2.45) is 0 Å². The molecule has 8 nitrogen and oxygen atoms in total. The van der Waals surface area contributed by atoms with Gasteiger partial charge >= 0.3 is 5.97 Å². The third-order valence-corrected chi connectivity index (χ3v) is 7.21. The number of aliphatic carboxylic acids is 1. The summed E-state index contributed by atoms with van der Waals surface area (Å²) in [5, 5.41) is 9.42. The first-order valence-corrected chi connectivity index (χ1v) is 13.9. The van der Waals surface area contributed by atoms with E-state index in [1.807, 2.05) is 23.1 Å². The third-order valence-electron chi connectivity index (χ3n) is 7.21. The van der Waals surface area contributed by atoms with Gasteiger partial charge in [0.05, 0.1) is 25.9 Å². The molecule has 1 amide bonds. The maximum Gasteiger partial charge on any atom is 0.344 e. The molecule has 1 N–H and O–H groups in total. The van der Waals surface area contributed by atoms with E-state index in [1.54, 1.807) is 19.3 Å². The lowest BCUT2D eigenvalue weighted by Gasteiger charge is -2.26. The number of allylic oxidation sites excluding steroid dienone is 1. The standard InChI is InChI=1S/C31H39NO7/c1-4-9-22-25(14-11-21-12-15-27(31(34)35)39-28(21)22)37-19-8-20-38-26-16-13-24(29(36-3)23(26)10-5-2)30(33)32-17-6-7-18-32/h5,11,13-14,16,27H,2,4,6-10,12,15,17-20H2,1,3H3,(H,34,35). The molecule has 1 saturated heterocycles. The number of carbonyl (C=O) groups is 2. The van der Waals surface area contributed by atoms with Crippen LogP contribution in [0.1, 0.15) is 66.1 Å². The Hall–Kier alpha value is -3.68. The van der Waals surface area contributed by atoms with Crippen LogP contribution in [0.5, 0.6) is 23.0 Å². The van der Waals surface area contributed by atoms with Gasteiger partial charge in [0.15, 0.2) is 6.10 Å². The molecule has 2 aliphatic heterocycles. The molecule has 1 atom stereocenters. The Morgan fingerprint density at radius 1 is 1.10 bits per heavy atom. The number of rotatable bonds is 13. The van der Waals surface area contributed by atoms with Crippen molar-refractivity contribution >= 4 is 11.9 Å². The number of amides is 1. The van der Waals surface area contributed by atoms with Crippen molar-refractivity contribution in [3.05, 3.63) is 59.2 Å². The molecule has 2 heterocycles. The van der Waals surface area contributed by atoms with Crippen LogP contribution in [0.3, 0.4) is 0 Å². The minimum atomic E-state index is -0.938. The molecule has 0 aromatic heterocycles. The fraction of sp³-hybridized carbons (Fsp3) is 0.484. The SMILES string of the molecule is C=CCc1c(OCCCOc2ccc3c(c2CCC)OC(C(=O)O)CC3)ccc(C(=O)N2CCCC2)c1OC. The van der Waals surface area contributed by atoms with Crippen molar-refractivity contribution in [3.8, 4) is 23.0 Å². The predicted octanol–water partition coefficient (Wildman–Crippen LogP) is 5.24. The molecule has 1 unspecified atom stereocenters. The first-order chi connectivity index (χ1) is 19.0. The van der Waals surface area contributed by atoms with E-state index < -0.39 is 12.1 Å². The summed E-state index contributed by atoms with van der Waals surface area (Å²) in [5.41, 5.74) is 3.32. The van der Waals surface area contributed by atoms with Gasteiger partial charge in [0.25, 0.3) is 5.91 Å². The molecule has 210 valence electrons. The maximum absolute atomic E-state index is 13.1. The zero-order valence-corrected chi connectivity index (χ0v) is 23.0. The number of ether oxygens (including phenoxy) is 4. The normalized spacial score (nSPS) is 16.3. The van der Waals surface area contributed by atoms with Crippen molar-refractivity contribution < 1.29 is 33.6 Å². The average molecular weight is 538 g/mol. The van der Waals surface area contributed by atoms with E-state index in [-0.39, 0.29) is 5.91 Å². The van der Waals surface area contributed by atoms with E-state index in [0.717, 1.165) is 61.2 Å². The maximum atomic E-state index is 13.1. The van der Waals surface area contributed by atoms with Crippen LogP contribution in [0.25, 0.3) is 0 Å². The molecule has 2 aromatic rings. The number of hydrogen-bond acceptors (Lipinski definition) is 6. The van der Waals surface area contributed by atoms with Crippen LogP contribution in [0.2, 0.25) is 0 Å². The molecular weight excluding hydrogens is 498 g/mol. The lowest BCUT2D eigenvalue weighted by atomic mass is 9.96. The molecule has 2 aliphatic rings. The minimum Gasteiger partial charge on any atom is -0.495 e. The van der Waals surface area contributed by atoms with Crippen LogP contribution < -0.4 is 18.9 Å². The van der Waals surface area contributed by atoms with Crippen molar-refractivity contribution in [2.45, 2.75) is 64.4 Å². The highest BCUT2D eigenvalue weighted by Gasteiger charge is 2.29. The summed E-state index contributed by atoms with van der Waals surface area (Å²) >= 11 is 0. The summed E-state index contributed by atoms with van der Waals surface area (Å²) in [6.07, 6.45) is 6.93. The fourth-order valence-corrected chi connectivity index (χ4v) is 5.28. The number of carboxylic acids is 1. The molecule has 8 heteroatoms. The van der Waals surface area contributed by atoms with Gasteiger partial charge in [0, 0.05) is 30.6 Å². The Morgan fingerprint density at radius 3 is 2.44 bits per heavy atom. The number of hydrogen-bond donors (Lipinski definition) is 1. The zero-order chi connectivity index (χ0) is 27.8. The number of aryl methyl sites for hydroxylation is 1. The summed E-state index contributed by atoms with van der Waals surface area (Å²) in [6.45, 7) is 8.33. The van der Waals surface area contributed by atoms with E-state index >= 15 is 0 Å². The number of benzene rings is 2. The van der Waals surface area contributed by atoms with Crippen molar-refractivity contribution in [2.75, 3.05) is 33.4 Å². The van der Waals surface area contributed by atoms with Crippen molar-refractivity contribution in [3.63, 3.8) is 0 Å². The van der Waals surface area contributed by atoms with Crippen LogP contribution in [0.15, 0.2) is 36.9 Å². The largest absolute Gasteiger partial charge is 0.495 e. The fourth-order valence-electron chi connectivity index (χ4n) is 5.28. The number of carboxylic acid groups (broad SMARTS) is 1. The summed E-state index contributed by atoms with van der Waals surface area (Å²) in [6, 6.07) is 7.55. The molecule has 0 radical (unpaired) electrons. The molecule has 1 fully saturated rings. The number of likely N-dealkylation sites (tertiary alicyclic amines) is 1. The lowest BCUT2D eigenvalue weighted by molar-refractivity contribution is -0.145. The zero-order valence-electron chi connectivity index (χ0n) is 23.0. The highest BCUT2D eigenvalue weighted by molar-refractivity contribution is 5.98. The van der Waals surface area contributed by atoms with E-state index in [9.17, 15) is 14.7 Å². The number of methoxy groups -OCH3 is 1. The summed E-state index contributed by atoms with van der Waals surface area (Å²) in [7, 11) is 1.58. The van der Waals surface area contributed by atoms with Crippen LogP contribution in [0.4, 0.5) is 0 Å². The van der Waals surface area contributed by atoms with E-state index in [2.05, 4.69) is 13.5 Å². The molecule has 0 saturated carbocycles. The average Bonchev–Trinajstić information content (AvgIpc) is 3.49. The van der Waals surface area contributed by atoms with E-state index in [0.29, 0.717) is 61.7 Å². The molecule has 4 rings (SSSR count). The monoisotopic (exact) mass is 537 g/mol. The molecule has 0 spiro atoms. The smallest absolute Gasteiger partial charge is 0.344 e. The first-order valence-electron chi connectivity index (χ1n) is 13.9. The van der Waals surface area contributed by atoms with Crippen molar-refractivity contribution in [1.82, 2.24) is 4.90 Å². The lowest BCUT2D eigenvalue weighted by Crippen LogP contribution is -2.31. The molecule has 2 aromatic carbocycles. The van der Waals surface area contributed by atoms with Crippen LogP contribution in [0, 0.1) is 0 Å². The van der Waals surface area contributed by atoms with E-state index in [1.165, 1.54) is 0 Å². The Kier molecular flexibility index (Phi) is 9.74. The quantitative estimate of drug-likeness (QED) is 0.276. The minimum absolute atomic E-state index is 0.0128. The molecular formula is C31H39NO7. The Labute approximate surface area is 230 Å². The van der Waals surface area contributed by atoms with Crippen LogP contribution in [-0.2, 0) is 24.1 Å². The Morgan fingerprint density at radius 2 is 1.79 bits per heavy atom. The summed E-state index contributed by atoms with van der Waals surface area (Å²) in [4.78, 5) is 26.4. The molecule has 0 aliphatic carbocycles. The van der Waals surface area contributed by atoms with Crippen molar-refractivity contribution in [1.29, 1.82) is 0 Å². The van der Waals surface area contributed by atoms with Gasteiger partial charge in [0.1, 0.15) is 23.0 Å². The second-order valence-corrected chi connectivity index (χ2v) is 9.93. The number of nitrogens with zero attached hydrogens (tertiary/aromatic N) is 1. The highest BCUT2D eigenvalue weighted by atomic mass is 16.5. The molecule has 0 bridgehead atoms. The molecule has 39 heavy (non-hydrogen) atoms. The van der Waals surface area contributed by atoms with Gasteiger partial charge in [-0.2, -0.15) is 0 Å².